The first-order valence-electron chi connectivity index (χ1n) is 5.47. The van der Waals surface area contributed by atoms with Gasteiger partial charge in [0.1, 0.15) is 16.8 Å². The Morgan fingerprint density at radius 1 is 1.55 bits per heavy atom. The monoisotopic (exact) mass is 341 g/mol. The Balaban J connectivity index is 3.00. The number of hydrogen-bond acceptors (Lipinski definition) is 4. The van der Waals surface area contributed by atoms with Crippen LogP contribution in [0, 0.1) is 5.82 Å². The second-order valence-electron chi connectivity index (χ2n) is 3.87. The molecule has 0 bridgehead atoms. The normalized spacial score (nSPS) is 13.2. The highest BCUT2D eigenvalue weighted by Gasteiger charge is 2.26. The van der Waals surface area contributed by atoms with Gasteiger partial charge in [0, 0.05) is 0 Å². The Hall–Kier alpha value is -0.830. The molecule has 0 aliphatic heterocycles. The van der Waals surface area contributed by atoms with Gasteiger partial charge in [-0.1, -0.05) is 11.6 Å². The van der Waals surface area contributed by atoms with Gasteiger partial charge in [0.05, 0.1) is 5.02 Å². The zero-order chi connectivity index (χ0) is 15.3. The Labute approximate surface area is 125 Å². The lowest BCUT2D eigenvalue weighted by Crippen LogP contribution is -2.41. The van der Waals surface area contributed by atoms with E-state index in [0.29, 0.717) is 5.75 Å². The minimum Gasteiger partial charge on any atom is -0.480 e. The highest BCUT2D eigenvalue weighted by atomic mass is 35.5. The molecule has 9 heteroatoms. The summed E-state index contributed by atoms with van der Waals surface area (Å²) in [5.41, 5.74) is 0. The number of carboxylic acids is 1. The molecule has 2 N–H and O–H groups in total. The highest BCUT2D eigenvalue weighted by molar-refractivity contribution is 7.98. The molecule has 0 saturated heterocycles. The van der Waals surface area contributed by atoms with Crippen LogP contribution in [0.25, 0.3) is 0 Å². The Kier molecular flexibility index (Phi) is 6.25. The van der Waals surface area contributed by atoms with Crippen LogP contribution in [0.4, 0.5) is 4.39 Å². The number of halogens is 2. The summed E-state index contributed by atoms with van der Waals surface area (Å²) in [4.78, 5) is 10.7. The number of hydrogen-bond donors (Lipinski definition) is 2. The van der Waals surface area contributed by atoms with Crippen LogP contribution in [0.2, 0.25) is 5.02 Å². The van der Waals surface area contributed by atoms with Crippen molar-refractivity contribution in [3.63, 3.8) is 0 Å². The zero-order valence-corrected chi connectivity index (χ0v) is 12.9. The van der Waals surface area contributed by atoms with Crippen LogP contribution in [0.5, 0.6) is 0 Å². The third kappa shape index (κ3) is 4.62. The number of nitrogens with one attached hydrogen (secondary N) is 1. The van der Waals surface area contributed by atoms with E-state index in [9.17, 15) is 17.6 Å². The molecule has 0 heterocycles. The molecule has 0 spiro atoms. The average Bonchev–Trinajstić information content (AvgIpc) is 2.33. The molecule has 0 fully saturated rings. The Morgan fingerprint density at radius 2 is 2.20 bits per heavy atom. The average molecular weight is 342 g/mol. The summed E-state index contributed by atoms with van der Waals surface area (Å²) in [5.74, 6) is -1.47. The van der Waals surface area contributed by atoms with E-state index >= 15 is 0 Å². The number of rotatable bonds is 7. The van der Waals surface area contributed by atoms with Crippen molar-refractivity contribution in [3.8, 4) is 0 Å². The molecule has 0 aliphatic carbocycles. The number of sulfonamides is 1. The van der Waals surface area contributed by atoms with Crippen molar-refractivity contribution in [2.24, 2.45) is 0 Å². The van der Waals surface area contributed by atoms with E-state index in [0.717, 1.165) is 18.2 Å². The number of thioether (sulfide) groups is 1. The number of carboxylic acid groups (broad SMARTS) is 1. The van der Waals surface area contributed by atoms with Crippen LogP contribution in [-0.4, -0.2) is 37.5 Å². The summed E-state index contributed by atoms with van der Waals surface area (Å²) in [6, 6.07) is 1.54. The van der Waals surface area contributed by atoms with Crippen LogP contribution in [0.15, 0.2) is 23.1 Å². The first-order valence-corrected chi connectivity index (χ1v) is 8.72. The zero-order valence-electron chi connectivity index (χ0n) is 10.5. The van der Waals surface area contributed by atoms with Gasteiger partial charge in [0.2, 0.25) is 10.0 Å². The SMILES string of the molecule is CSCC[C@@H](NS(=O)(=O)c1ccc(F)cc1Cl)C(=O)O. The standard InChI is InChI=1S/C11H13ClFNO4S2/c1-19-5-4-9(11(15)16)14-20(17,18)10-3-2-7(13)6-8(10)12/h2-3,6,9,14H,4-5H2,1H3,(H,15,16)/t9-/m1/s1. The van der Waals surface area contributed by atoms with E-state index < -0.39 is 27.9 Å². The van der Waals surface area contributed by atoms with Gasteiger partial charge in [-0.2, -0.15) is 16.5 Å². The lowest BCUT2D eigenvalue weighted by Gasteiger charge is -2.15. The van der Waals surface area contributed by atoms with Crippen molar-refractivity contribution >= 4 is 39.4 Å². The molecule has 0 aliphatic rings. The summed E-state index contributed by atoms with van der Waals surface area (Å²) in [6.07, 6.45) is 1.92. The highest BCUT2D eigenvalue weighted by Crippen LogP contribution is 2.22. The van der Waals surface area contributed by atoms with Crippen molar-refractivity contribution in [3.05, 3.63) is 29.0 Å². The van der Waals surface area contributed by atoms with E-state index in [1.54, 1.807) is 6.26 Å². The maximum absolute atomic E-state index is 12.9. The fraction of sp³-hybridized carbons (Fsp3) is 0.364. The predicted octanol–water partition coefficient (Wildman–Crippen LogP) is 1.96. The molecule has 1 aromatic rings. The summed E-state index contributed by atoms with van der Waals surface area (Å²) in [5, 5.41) is 8.69. The first kappa shape index (κ1) is 17.2. The van der Waals surface area contributed by atoms with Crippen LogP contribution in [0.3, 0.4) is 0 Å². The smallest absolute Gasteiger partial charge is 0.321 e. The van der Waals surface area contributed by atoms with E-state index in [-0.39, 0.29) is 16.3 Å². The fourth-order valence-electron chi connectivity index (χ4n) is 1.41. The molecule has 1 rings (SSSR count). The molecule has 0 radical (unpaired) electrons. The number of aliphatic carboxylic acids is 1. The molecule has 1 atom stereocenters. The molecule has 112 valence electrons. The first-order chi connectivity index (χ1) is 9.27. The minimum atomic E-state index is -4.12. The van der Waals surface area contributed by atoms with Crippen LogP contribution in [-0.2, 0) is 14.8 Å². The lowest BCUT2D eigenvalue weighted by molar-refractivity contribution is -0.139. The molecule has 1 aromatic carbocycles. The summed E-state index contributed by atoms with van der Waals surface area (Å²) < 4.78 is 39.1. The topological polar surface area (TPSA) is 83.5 Å². The Morgan fingerprint density at radius 3 is 2.70 bits per heavy atom. The predicted molar refractivity (Wildman–Crippen MR) is 76.2 cm³/mol. The van der Waals surface area contributed by atoms with E-state index in [2.05, 4.69) is 4.72 Å². The van der Waals surface area contributed by atoms with Crippen molar-refractivity contribution in [1.29, 1.82) is 0 Å². The van der Waals surface area contributed by atoms with Crippen molar-refractivity contribution < 1.29 is 22.7 Å². The summed E-state index contributed by atoms with van der Waals surface area (Å²) in [7, 11) is -4.12. The summed E-state index contributed by atoms with van der Waals surface area (Å²) in [6.45, 7) is 0. The maximum Gasteiger partial charge on any atom is 0.321 e. The van der Waals surface area contributed by atoms with Crippen molar-refractivity contribution in [2.45, 2.75) is 17.4 Å². The molecule has 5 nitrogen and oxygen atoms in total. The third-order valence-corrected chi connectivity index (χ3v) is 4.99. The maximum atomic E-state index is 12.9. The van der Waals surface area contributed by atoms with Crippen LogP contribution in [0.1, 0.15) is 6.42 Å². The largest absolute Gasteiger partial charge is 0.480 e. The molecule has 0 unspecified atom stereocenters. The van der Waals surface area contributed by atoms with Crippen LogP contribution < -0.4 is 4.72 Å². The van der Waals surface area contributed by atoms with E-state index in [4.69, 9.17) is 16.7 Å². The van der Waals surface area contributed by atoms with Crippen LogP contribution >= 0.6 is 23.4 Å². The van der Waals surface area contributed by atoms with E-state index in [1.165, 1.54) is 11.8 Å². The Bertz CT molecular complexity index is 594. The molecular weight excluding hydrogens is 329 g/mol. The number of carbonyl (C=O) groups is 1. The number of benzene rings is 1. The molecule has 0 saturated carbocycles. The second kappa shape index (κ2) is 7.26. The van der Waals surface area contributed by atoms with Crippen molar-refractivity contribution in [1.82, 2.24) is 4.72 Å². The summed E-state index contributed by atoms with van der Waals surface area (Å²) >= 11 is 7.07. The molecule has 0 amide bonds. The van der Waals surface area contributed by atoms with Gasteiger partial charge in [-0.3, -0.25) is 4.79 Å². The van der Waals surface area contributed by atoms with Gasteiger partial charge in [-0.15, -0.1) is 0 Å². The van der Waals surface area contributed by atoms with Gasteiger partial charge in [-0.25, -0.2) is 12.8 Å². The third-order valence-electron chi connectivity index (χ3n) is 2.39. The fourth-order valence-corrected chi connectivity index (χ4v) is 3.64. The van der Waals surface area contributed by atoms with Gasteiger partial charge < -0.3 is 5.11 Å². The lowest BCUT2D eigenvalue weighted by atomic mass is 10.2. The van der Waals surface area contributed by atoms with Gasteiger partial charge >= 0.3 is 5.97 Å². The molecule has 20 heavy (non-hydrogen) atoms. The van der Waals surface area contributed by atoms with Crippen molar-refractivity contribution in [2.75, 3.05) is 12.0 Å². The quantitative estimate of drug-likeness (QED) is 0.792. The van der Waals surface area contributed by atoms with Gasteiger partial charge in [0.25, 0.3) is 0 Å². The molecule has 0 aromatic heterocycles. The second-order valence-corrected chi connectivity index (χ2v) is 6.94. The van der Waals surface area contributed by atoms with Gasteiger partial charge in [0.15, 0.2) is 0 Å². The van der Waals surface area contributed by atoms with E-state index in [1.807, 2.05) is 0 Å². The molecular formula is C11H13ClFNO4S2. The minimum absolute atomic E-state index is 0.133. The van der Waals surface area contributed by atoms with Gasteiger partial charge in [-0.05, 0) is 36.6 Å².